The molecule has 2 aromatic heterocycles. The Bertz CT molecular complexity index is 1230. The first-order valence-electron chi connectivity index (χ1n) is 14.1. The molecule has 2 saturated carbocycles. The third kappa shape index (κ3) is 4.93. The fourth-order valence-corrected chi connectivity index (χ4v) is 7.53. The number of rotatable bonds is 5. The average Bonchev–Trinajstić information content (AvgIpc) is 3.38. The van der Waals surface area contributed by atoms with Crippen molar-refractivity contribution in [2.75, 3.05) is 18.6 Å². The van der Waals surface area contributed by atoms with Crippen LogP contribution in [0.4, 0.5) is 5.82 Å². The molecule has 3 fully saturated rings. The summed E-state index contributed by atoms with van der Waals surface area (Å²) < 4.78 is 7.86. The van der Waals surface area contributed by atoms with Crippen LogP contribution < -0.4 is 4.90 Å². The Morgan fingerprint density at radius 1 is 0.973 bits per heavy atom. The van der Waals surface area contributed by atoms with Gasteiger partial charge in [0, 0.05) is 37.0 Å². The molecule has 0 spiro atoms. The topological polar surface area (TPSA) is 56.1 Å². The summed E-state index contributed by atoms with van der Waals surface area (Å²) in [5.74, 6) is 0.979. The number of benzene rings is 1. The molecule has 3 aliphatic rings. The lowest BCUT2D eigenvalue weighted by atomic mass is 9.55. The van der Waals surface area contributed by atoms with E-state index in [1.165, 1.54) is 50.5 Å². The summed E-state index contributed by atoms with van der Waals surface area (Å²) in [5, 5.41) is 14.0. The van der Waals surface area contributed by atoms with Crippen molar-refractivity contribution in [1.29, 1.82) is 0 Å². The summed E-state index contributed by atoms with van der Waals surface area (Å²) in [7, 11) is 2.21. The van der Waals surface area contributed by atoms with Gasteiger partial charge in [0.2, 0.25) is 0 Å². The number of fused-ring (bicyclic) bond motifs is 2. The SMILES string of the molecule is Cc1cc(-c2cnn(C3CCCCO3)c2)ccc1-c1ccc(N(C)C2C[C@]3(C)CCC[C@](C)(C2)C3)nn1. The van der Waals surface area contributed by atoms with E-state index >= 15 is 0 Å². The third-order valence-corrected chi connectivity index (χ3v) is 9.32. The maximum Gasteiger partial charge on any atom is 0.151 e. The Morgan fingerprint density at radius 2 is 1.78 bits per heavy atom. The fraction of sp³-hybridized carbons (Fsp3) is 0.581. The van der Waals surface area contributed by atoms with Crippen molar-refractivity contribution in [2.45, 2.75) is 90.8 Å². The number of aryl methyl sites for hydroxylation is 1. The van der Waals surface area contributed by atoms with Crippen LogP contribution in [0.3, 0.4) is 0 Å². The Kier molecular flexibility index (Phi) is 6.34. The zero-order valence-electron chi connectivity index (χ0n) is 22.9. The lowest BCUT2D eigenvalue weighted by Crippen LogP contribution is -2.49. The molecule has 1 aromatic carbocycles. The number of hydrogen-bond donors (Lipinski definition) is 0. The Balaban J connectivity index is 1.17. The highest BCUT2D eigenvalue weighted by Crippen LogP contribution is 2.56. The molecule has 1 aliphatic heterocycles. The van der Waals surface area contributed by atoms with Crippen LogP contribution in [-0.2, 0) is 4.74 Å². The van der Waals surface area contributed by atoms with Crippen LogP contribution >= 0.6 is 0 Å². The molecular formula is C31H41N5O. The van der Waals surface area contributed by atoms with Crippen LogP contribution in [0.2, 0.25) is 0 Å². The zero-order valence-corrected chi connectivity index (χ0v) is 22.9. The predicted octanol–water partition coefficient (Wildman–Crippen LogP) is 7.20. The van der Waals surface area contributed by atoms with Gasteiger partial charge in [0.15, 0.2) is 5.82 Å². The second-order valence-electron chi connectivity index (χ2n) is 12.7. The van der Waals surface area contributed by atoms with Gasteiger partial charge in [0.25, 0.3) is 0 Å². The van der Waals surface area contributed by atoms with E-state index in [-0.39, 0.29) is 6.23 Å². The first-order valence-corrected chi connectivity index (χ1v) is 14.1. The van der Waals surface area contributed by atoms with Crippen molar-refractivity contribution in [3.63, 3.8) is 0 Å². The van der Waals surface area contributed by atoms with Crippen molar-refractivity contribution in [3.8, 4) is 22.4 Å². The molecule has 37 heavy (non-hydrogen) atoms. The van der Waals surface area contributed by atoms with Crippen molar-refractivity contribution >= 4 is 5.82 Å². The van der Waals surface area contributed by atoms with Gasteiger partial charge >= 0.3 is 0 Å². The predicted molar refractivity (Wildman–Crippen MR) is 148 cm³/mol. The van der Waals surface area contributed by atoms with Gasteiger partial charge in [-0.05, 0) is 92.4 Å². The zero-order chi connectivity index (χ0) is 25.6. The maximum atomic E-state index is 5.89. The summed E-state index contributed by atoms with van der Waals surface area (Å²) in [5.41, 5.74) is 6.46. The number of hydrogen-bond acceptors (Lipinski definition) is 5. The molecule has 0 N–H and O–H groups in total. The van der Waals surface area contributed by atoms with Gasteiger partial charge in [-0.15, -0.1) is 10.2 Å². The minimum Gasteiger partial charge on any atom is -0.357 e. The molecule has 4 atom stereocenters. The van der Waals surface area contributed by atoms with E-state index in [2.05, 4.69) is 79.4 Å². The first-order chi connectivity index (χ1) is 17.8. The van der Waals surface area contributed by atoms with Gasteiger partial charge in [-0.2, -0.15) is 5.10 Å². The van der Waals surface area contributed by atoms with Crippen LogP contribution in [0.15, 0.2) is 42.7 Å². The Morgan fingerprint density at radius 3 is 2.46 bits per heavy atom. The minimum atomic E-state index is 0.0636. The van der Waals surface area contributed by atoms with Crippen LogP contribution in [0.1, 0.15) is 83.4 Å². The lowest BCUT2D eigenvalue weighted by molar-refractivity contribution is -0.0394. The number of anilines is 1. The number of aromatic nitrogens is 4. The van der Waals surface area contributed by atoms with E-state index in [1.807, 2.05) is 10.9 Å². The van der Waals surface area contributed by atoms with Crippen LogP contribution in [0, 0.1) is 17.8 Å². The van der Waals surface area contributed by atoms with Gasteiger partial charge < -0.3 is 9.64 Å². The second kappa shape index (κ2) is 9.54. The van der Waals surface area contributed by atoms with E-state index in [4.69, 9.17) is 9.84 Å². The molecule has 3 heterocycles. The van der Waals surface area contributed by atoms with Gasteiger partial charge in [0.1, 0.15) is 6.23 Å². The fourth-order valence-electron chi connectivity index (χ4n) is 7.53. The van der Waals surface area contributed by atoms with E-state index in [1.54, 1.807) is 0 Å². The first kappa shape index (κ1) is 24.6. The van der Waals surface area contributed by atoms with Crippen LogP contribution in [-0.4, -0.2) is 39.7 Å². The molecule has 6 nitrogen and oxygen atoms in total. The van der Waals surface area contributed by atoms with Crippen LogP contribution in [0.5, 0.6) is 0 Å². The van der Waals surface area contributed by atoms with E-state index in [9.17, 15) is 0 Å². The summed E-state index contributed by atoms with van der Waals surface area (Å²) in [4.78, 5) is 2.39. The highest BCUT2D eigenvalue weighted by molar-refractivity contribution is 5.71. The molecule has 6 heteroatoms. The average molecular weight is 500 g/mol. The number of nitrogens with zero attached hydrogens (tertiary/aromatic N) is 5. The standard InChI is InChI=1S/C31H41N5O/c1-22-16-23(24-19-32-36(20-24)29-8-5-6-15-37-29)9-10-26(22)27-11-12-28(34-33-27)35(4)25-17-30(2)13-7-14-31(3,18-25)21-30/h9-12,16,19-20,25,29H,5-8,13-15,17-18,21H2,1-4H3/t25?,29?,30-,31+. The molecule has 196 valence electrons. The molecule has 2 bridgehead atoms. The normalized spacial score (nSPS) is 29.7. The summed E-state index contributed by atoms with van der Waals surface area (Å²) in [6.07, 6.45) is 15.5. The molecule has 0 amide bonds. The van der Waals surface area contributed by atoms with Crippen molar-refractivity contribution in [3.05, 3.63) is 48.3 Å². The monoisotopic (exact) mass is 499 g/mol. The quantitative estimate of drug-likeness (QED) is 0.371. The molecule has 6 rings (SSSR count). The molecule has 1 saturated heterocycles. The smallest absolute Gasteiger partial charge is 0.151 e. The molecule has 3 aromatic rings. The van der Waals surface area contributed by atoms with Gasteiger partial charge in [-0.1, -0.05) is 38.5 Å². The highest BCUT2D eigenvalue weighted by Gasteiger charge is 2.47. The largest absolute Gasteiger partial charge is 0.357 e. The second-order valence-corrected chi connectivity index (χ2v) is 12.7. The van der Waals surface area contributed by atoms with E-state index in [0.29, 0.717) is 16.9 Å². The van der Waals surface area contributed by atoms with Crippen molar-refractivity contribution < 1.29 is 4.74 Å². The van der Waals surface area contributed by atoms with Gasteiger partial charge in [0.05, 0.1) is 11.9 Å². The lowest BCUT2D eigenvalue weighted by Gasteiger charge is -2.54. The van der Waals surface area contributed by atoms with E-state index < -0.39 is 0 Å². The summed E-state index contributed by atoms with van der Waals surface area (Å²) in [6, 6.07) is 11.4. The molecule has 0 radical (unpaired) electrons. The third-order valence-electron chi connectivity index (χ3n) is 9.32. The number of ether oxygens (including phenoxy) is 1. The maximum absolute atomic E-state index is 5.89. The Hall–Kier alpha value is -2.73. The summed E-state index contributed by atoms with van der Waals surface area (Å²) >= 11 is 0. The van der Waals surface area contributed by atoms with Gasteiger partial charge in [-0.25, -0.2) is 4.68 Å². The molecule has 2 unspecified atom stereocenters. The molecular weight excluding hydrogens is 458 g/mol. The van der Waals surface area contributed by atoms with E-state index in [0.717, 1.165) is 47.7 Å². The minimum absolute atomic E-state index is 0.0636. The van der Waals surface area contributed by atoms with Crippen LogP contribution in [0.25, 0.3) is 22.4 Å². The van der Waals surface area contributed by atoms with Crippen molar-refractivity contribution in [1.82, 2.24) is 20.0 Å². The highest BCUT2D eigenvalue weighted by atomic mass is 16.5. The van der Waals surface area contributed by atoms with Gasteiger partial charge in [-0.3, -0.25) is 0 Å². The summed E-state index contributed by atoms with van der Waals surface area (Å²) in [6.45, 7) is 7.97. The Labute approximate surface area is 221 Å². The van der Waals surface area contributed by atoms with Crippen molar-refractivity contribution in [2.24, 2.45) is 10.8 Å². The molecule has 2 aliphatic carbocycles.